The lowest BCUT2D eigenvalue weighted by atomic mass is 9.66. The van der Waals surface area contributed by atoms with Crippen LogP contribution in [0.15, 0.2) is 25.3 Å². The first kappa shape index (κ1) is 14.8. The number of fused-ring (bicyclic) bond motifs is 2. The molecule has 2 aliphatic rings. The van der Waals surface area contributed by atoms with Crippen molar-refractivity contribution >= 4 is 0 Å². The quantitative estimate of drug-likeness (QED) is 0.465. The van der Waals surface area contributed by atoms with Crippen LogP contribution in [0.1, 0.15) is 32.6 Å². The van der Waals surface area contributed by atoms with Crippen LogP contribution in [0.25, 0.3) is 0 Å². The molecule has 3 atom stereocenters. The maximum Gasteiger partial charge on any atom is 0.0645 e. The number of hydrogen-bond donors (Lipinski definition) is 0. The molecule has 0 amide bonds. The molecule has 2 nitrogen and oxygen atoms in total. The highest BCUT2D eigenvalue weighted by atomic mass is 16.5. The summed E-state index contributed by atoms with van der Waals surface area (Å²) in [5, 5.41) is 0. The molecule has 3 unspecified atom stereocenters. The van der Waals surface area contributed by atoms with E-state index in [-0.39, 0.29) is 5.41 Å². The first-order chi connectivity index (χ1) is 9.28. The Labute approximate surface area is 117 Å². The first-order valence-corrected chi connectivity index (χ1v) is 7.65. The summed E-state index contributed by atoms with van der Waals surface area (Å²) in [4.78, 5) is 0. The van der Waals surface area contributed by atoms with Crippen LogP contribution in [0, 0.1) is 23.2 Å². The van der Waals surface area contributed by atoms with Crippen molar-refractivity contribution in [2.24, 2.45) is 23.2 Å². The van der Waals surface area contributed by atoms with Gasteiger partial charge in [-0.15, -0.1) is 13.2 Å². The number of rotatable bonds is 9. The van der Waals surface area contributed by atoms with E-state index in [2.05, 4.69) is 20.1 Å². The van der Waals surface area contributed by atoms with Gasteiger partial charge in [-0.05, 0) is 37.0 Å². The van der Waals surface area contributed by atoms with E-state index in [1.807, 2.05) is 12.2 Å². The molecule has 2 fully saturated rings. The van der Waals surface area contributed by atoms with Crippen molar-refractivity contribution in [1.29, 1.82) is 0 Å². The van der Waals surface area contributed by atoms with Crippen LogP contribution in [0.2, 0.25) is 0 Å². The van der Waals surface area contributed by atoms with Crippen LogP contribution in [-0.2, 0) is 9.47 Å². The Kier molecular flexibility index (Phi) is 5.23. The highest BCUT2D eigenvalue weighted by Gasteiger charge is 2.57. The second kappa shape index (κ2) is 6.71. The standard InChI is InChI=1S/C17H28O2/c1-4-9-18-12-17(13-19-10-5-2)15-8-7-14(11-15)16(17)6-3/h4-5,14-16H,1-2,6-13H2,3H3. The predicted octanol–water partition coefficient (Wildman–Crippen LogP) is 3.83. The summed E-state index contributed by atoms with van der Waals surface area (Å²) < 4.78 is 11.7. The zero-order chi connectivity index (χ0) is 13.7. The van der Waals surface area contributed by atoms with E-state index in [9.17, 15) is 0 Å². The minimum atomic E-state index is 0.240. The van der Waals surface area contributed by atoms with Crippen molar-refractivity contribution in [1.82, 2.24) is 0 Å². The fraction of sp³-hybridized carbons (Fsp3) is 0.765. The van der Waals surface area contributed by atoms with Gasteiger partial charge in [0.25, 0.3) is 0 Å². The smallest absolute Gasteiger partial charge is 0.0645 e. The molecular formula is C17H28O2. The topological polar surface area (TPSA) is 18.5 Å². The van der Waals surface area contributed by atoms with Crippen LogP contribution < -0.4 is 0 Å². The molecule has 0 aromatic heterocycles. The molecule has 0 aliphatic heterocycles. The van der Waals surface area contributed by atoms with Gasteiger partial charge in [0.05, 0.1) is 26.4 Å². The fourth-order valence-electron chi connectivity index (χ4n) is 4.57. The van der Waals surface area contributed by atoms with Gasteiger partial charge in [0.2, 0.25) is 0 Å². The van der Waals surface area contributed by atoms with Gasteiger partial charge in [-0.2, -0.15) is 0 Å². The van der Waals surface area contributed by atoms with Gasteiger partial charge in [0.1, 0.15) is 0 Å². The second-order valence-corrected chi connectivity index (χ2v) is 6.13. The molecule has 0 heterocycles. The Hall–Kier alpha value is -0.600. The average molecular weight is 264 g/mol. The summed E-state index contributed by atoms with van der Waals surface area (Å²) in [6, 6.07) is 0. The Bertz CT molecular complexity index is 296. The normalized spacial score (nSPS) is 31.5. The monoisotopic (exact) mass is 264 g/mol. The minimum absolute atomic E-state index is 0.240. The maximum atomic E-state index is 5.86. The molecule has 2 heteroatoms. The molecule has 0 aromatic rings. The summed E-state index contributed by atoms with van der Waals surface area (Å²) >= 11 is 0. The zero-order valence-corrected chi connectivity index (χ0v) is 12.3. The first-order valence-electron chi connectivity index (χ1n) is 7.65. The van der Waals surface area contributed by atoms with Gasteiger partial charge >= 0.3 is 0 Å². The summed E-state index contributed by atoms with van der Waals surface area (Å²) in [5.74, 6) is 2.45. The molecule has 2 bridgehead atoms. The van der Waals surface area contributed by atoms with E-state index in [1.54, 1.807) is 0 Å². The van der Waals surface area contributed by atoms with Gasteiger partial charge in [0, 0.05) is 5.41 Å². The van der Waals surface area contributed by atoms with Crippen LogP contribution >= 0.6 is 0 Å². The van der Waals surface area contributed by atoms with E-state index in [4.69, 9.17) is 9.47 Å². The Morgan fingerprint density at radius 3 is 2.26 bits per heavy atom. The van der Waals surface area contributed by atoms with Crippen molar-refractivity contribution in [3.05, 3.63) is 25.3 Å². The van der Waals surface area contributed by atoms with E-state index in [1.165, 1.54) is 25.7 Å². The van der Waals surface area contributed by atoms with Crippen LogP contribution in [0.5, 0.6) is 0 Å². The fourth-order valence-corrected chi connectivity index (χ4v) is 4.57. The highest BCUT2D eigenvalue weighted by Crippen LogP contribution is 2.60. The van der Waals surface area contributed by atoms with Gasteiger partial charge in [-0.25, -0.2) is 0 Å². The molecule has 0 aromatic carbocycles. The third-order valence-corrected chi connectivity index (χ3v) is 5.25. The highest BCUT2D eigenvalue weighted by molar-refractivity contribution is 5.05. The predicted molar refractivity (Wildman–Crippen MR) is 79.1 cm³/mol. The maximum absolute atomic E-state index is 5.86. The Morgan fingerprint density at radius 1 is 1.11 bits per heavy atom. The Balaban J connectivity index is 2.07. The summed E-state index contributed by atoms with van der Waals surface area (Å²) in [7, 11) is 0. The molecular weight excluding hydrogens is 236 g/mol. The van der Waals surface area contributed by atoms with Gasteiger partial charge in [0.15, 0.2) is 0 Å². The minimum Gasteiger partial charge on any atom is -0.377 e. The van der Waals surface area contributed by atoms with Crippen LogP contribution in [0.4, 0.5) is 0 Å². The van der Waals surface area contributed by atoms with Gasteiger partial charge in [-0.1, -0.05) is 25.5 Å². The van der Waals surface area contributed by atoms with Crippen molar-refractivity contribution in [3.63, 3.8) is 0 Å². The third-order valence-electron chi connectivity index (χ3n) is 5.25. The van der Waals surface area contributed by atoms with E-state index in [0.29, 0.717) is 13.2 Å². The van der Waals surface area contributed by atoms with E-state index < -0.39 is 0 Å². The van der Waals surface area contributed by atoms with Crippen LogP contribution in [-0.4, -0.2) is 26.4 Å². The van der Waals surface area contributed by atoms with Gasteiger partial charge < -0.3 is 9.47 Å². The Morgan fingerprint density at radius 2 is 1.74 bits per heavy atom. The lowest BCUT2D eigenvalue weighted by Crippen LogP contribution is -2.44. The third kappa shape index (κ3) is 2.80. The second-order valence-electron chi connectivity index (χ2n) is 6.13. The lowest BCUT2D eigenvalue weighted by Gasteiger charge is -2.43. The molecule has 2 rings (SSSR count). The molecule has 2 saturated carbocycles. The average Bonchev–Trinajstić information content (AvgIpc) is 2.99. The zero-order valence-electron chi connectivity index (χ0n) is 12.3. The summed E-state index contributed by atoms with van der Waals surface area (Å²) in [6.45, 7) is 12.8. The molecule has 0 radical (unpaired) electrons. The lowest BCUT2D eigenvalue weighted by molar-refractivity contribution is -0.0754. The number of ether oxygens (including phenoxy) is 2. The van der Waals surface area contributed by atoms with Crippen molar-refractivity contribution in [2.45, 2.75) is 32.6 Å². The molecule has 0 N–H and O–H groups in total. The van der Waals surface area contributed by atoms with E-state index >= 15 is 0 Å². The molecule has 0 spiro atoms. The van der Waals surface area contributed by atoms with Crippen molar-refractivity contribution < 1.29 is 9.47 Å². The largest absolute Gasteiger partial charge is 0.377 e. The number of hydrogen-bond acceptors (Lipinski definition) is 2. The van der Waals surface area contributed by atoms with Crippen LogP contribution in [0.3, 0.4) is 0 Å². The van der Waals surface area contributed by atoms with E-state index in [0.717, 1.165) is 31.0 Å². The molecule has 2 aliphatic carbocycles. The molecule has 108 valence electrons. The van der Waals surface area contributed by atoms with Gasteiger partial charge in [-0.3, -0.25) is 0 Å². The van der Waals surface area contributed by atoms with Crippen molar-refractivity contribution in [3.8, 4) is 0 Å². The summed E-state index contributed by atoms with van der Waals surface area (Å²) in [6.07, 6.45) is 9.08. The molecule has 19 heavy (non-hydrogen) atoms. The molecule has 0 saturated heterocycles. The van der Waals surface area contributed by atoms with Crippen molar-refractivity contribution in [2.75, 3.05) is 26.4 Å². The SMILES string of the molecule is C=CCOCC1(COCC=C)C2CCC(C2)C1CC. The summed E-state index contributed by atoms with van der Waals surface area (Å²) in [5.41, 5.74) is 0.240.